The lowest BCUT2D eigenvalue weighted by Gasteiger charge is -2.09. The van der Waals surface area contributed by atoms with Crippen LogP contribution in [-0.4, -0.2) is 23.6 Å². The average molecular weight is 307 g/mol. The average Bonchev–Trinajstić information content (AvgIpc) is 2.42. The van der Waals surface area contributed by atoms with Gasteiger partial charge in [0.15, 0.2) is 0 Å². The minimum absolute atomic E-state index is 0.784. The summed E-state index contributed by atoms with van der Waals surface area (Å²) in [5, 5.41) is 6.30. The van der Waals surface area contributed by atoms with E-state index in [-0.39, 0.29) is 0 Å². The molecule has 0 fully saturated rings. The number of aromatic nitrogens is 2. The minimum atomic E-state index is 0.784. The number of nitrogens with one attached hydrogen (secondary N) is 2. The van der Waals surface area contributed by atoms with Gasteiger partial charge in [-0.2, -0.15) is 0 Å². The lowest BCUT2D eigenvalue weighted by Crippen LogP contribution is -2.08. The first-order valence-electron chi connectivity index (χ1n) is 5.77. The molecule has 0 amide bonds. The van der Waals surface area contributed by atoms with E-state index in [0.717, 1.165) is 29.1 Å². The molecule has 18 heavy (non-hydrogen) atoms. The maximum absolute atomic E-state index is 4.21. The van der Waals surface area contributed by atoms with Crippen molar-refractivity contribution in [3.63, 3.8) is 0 Å². The van der Waals surface area contributed by atoms with Crippen LogP contribution >= 0.6 is 15.9 Å². The molecule has 0 bridgehead atoms. The third-order valence-corrected chi connectivity index (χ3v) is 3.33. The van der Waals surface area contributed by atoms with Gasteiger partial charge in [-0.25, -0.2) is 9.97 Å². The van der Waals surface area contributed by atoms with Gasteiger partial charge < -0.3 is 10.6 Å². The fraction of sp³-hybridized carbons (Fsp3) is 0.231. The van der Waals surface area contributed by atoms with E-state index in [1.807, 2.05) is 13.1 Å². The van der Waals surface area contributed by atoms with Crippen molar-refractivity contribution < 1.29 is 0 Å². The third kappa shape index (κ3) is 3.20. The van der Waals surface area contributed by atoms with E-state index in [0.29, 0.717) is 0 Å². The molecule has 1 heterocycles. The van der Waals surface area contributed by atoms with E-state index >= 15 is 0 Å². The highest BCUT2D eigenvalue weighted by Crippen LogP contribution is 2.25. The van der Waals surface area contributed by atoms with Crippen LogP contribution in [0.5, 0.6) is 0 Å². The Morgan fingerprint density at radius 1 is 1.11 bits per heavy atom. The predicted molar refractivity (Wildman–Crippen MR) is 77.9 cm³/mol. The van der Waals surface area contributed by atoms with Gasteiger partial charge in [0.1, 0.15) is 22.4 Å². The van der Waals surface area contributed by atoms with Gasteiger partial charge in [-0.3, -0.25) is 0 Å². The Labute approximate surface area is 115 Å². The van der Waals surface area contributed by atoms with Crippen molar-refractivity contribution in [1.82, 2.24) is 9.97 Å². The van der Waals surface area contributed by atoms with E-state index in [2.05, 4.69) is 60.8 Å². The summed E-state index contributed by atoms with van der Waals surface area (Å²) in [4.78, 5) is 8.32. The van der Waals surface area contributed by atoms with Crippen LogP contribution in [0.25, 0.3) is 0 Å². The highest BCUT2D eigenvalue weighted by atomic mass is 79.9. The number of benzene rings is 1. The van der Waals surface area contributed by atoms with E-state index in [1.165, 1.54) is 5.56 Å². The third-order valence-electron chi connectivity index (χ3n) is 2.58. The van der Waals surface area contributed by atoms with Crippen molar-refractivity contribution in [2.24, 2.45) is 0 Å². The van der Waals surface area contributed by atoms with Gasteiger partial charge in [0.2, 0.25) is 0 Å². The maximum Gasteiger partial charge on any atom is 0.145 e. The Morgan fingerprint density at radius 3 is 2.56 bits per heavy atom. The summed E-state index contributed by atoms with van der Waals surface area (Å²) in [6, 6.07) is 10.4. The molecule has 0 aliphatic heterocycles. The van der Waals surface area contributed by atoms with Gasteiger partial charge in [-0.1, -0.05) is 30.3 Å². The molecule has 4 nitrogen and oxygen atoms in total. The topological polar surface area (TPSA) is 49.8 Å². The smallest absolute Gasteiger partial charge is 0.145 e. The Bertz CT molecular complexity index is 502. The van der Waals surface area contributed by atoms with Crippen molar-refractivity contribution in [2.45, 2.75) is 6.42 Å². The zero-order chi connectivity index (χ0) is 12.8. The molecule has 0 radical (unpaired) electrons. The van der Waals surface area contributed by atoms with Gasteiger partial charge in [-0.15, -0.1) is 0 Å². The van der Waals surface area contributed by atoms with Crippen LogP contribution in [0, 0.1) is 0 Å². The van der Waals surface area contributed by atoms with Gasteiger partial charge in [0.05, 0.1) is 0 Å². The molecule has 0 spiro atoms. The van der Waals surface area contributed by atoms with Crippen LogP contribution in [0.15, 0.2) is 41.1 Å². The van der Waals surface area contributed by atoms with Gasteiger partial charge in [0.25, 0.3) is 0 Å². The summed E-state index contributed by atoms with van der Waals surface area (Å²) in [6.07, 6.45) is 2.51. The fourth-order valence-corrected chi connectivity index (χ4v) is 2.18. The molecule has 5 heteroatoms. The molecule has 0 saturated carbocycles. The number of halogens is 1. The van der Waals surface area contributed by atoms with E-state index in [9.17, 15) is 0 Å². The normalized spacial score (nSPS) is 10.1. The lowest BCUT2D eigenvalue weighted by atomic mass is 10.1. The molecular weight excluding hydrogens is 292 g/mol. The van der Waals surface area contributed by atoms with Crippen LogP contribution in [0.4, 0.5) is 11.6 Å². The Hall–Kier alpha value is -1.62. The summed E-state index contributed by atoms with van der Waals surface area (Å²) in [5.41, 5.74) is 1.31. The zero-order valence-corrected chi connectivity index (χ0v) is 11.7. The Morgan fingerprint density at radius 2 is 1.83 bits per heavy atom. The summed E-state index contributed by atoms with van der Waals surface area (Å²) in [5.74, 6) is 1.59. The quantitative estimate of drug-likeness (QED) is 0.892. The van der Waals surface area contributed by atoms with Crippen molar-refractivity contribution >= 4 is 27.6 Å². The number of rotatable bonds is 5. The second-order valence-electron chi connectivity index (χ2n) is 3.80. The maximum atomic E-state index is 4.21. The molecule has 0 unspecified atom stereocenters. The molecule has 0 aliphatic rings. The fourth-order valence-electron chi connectivity index (χ4n) is 1.64. The summed E-state index contributed by atoms with van der Waals surface area (Å²) in [6.45, 7) is 0.836. The molecule has 2 aromatic rings. The first kappa shape index (κ1) is 12.8. The zero-order valence-electron chi connectivity index (χ0n) is 10.2. The first-order valence-corrected chi connectivity index (χ1v) is 6.56. The van der Waals surface area contributed by atoms with Crippen LogP contribution in [0.3, 0.4) is 0 Å². The Balaban J connectivity index is 1.95. The highest BCUT2D eigenvalue weighted by molar-refractivity contribution is 9.10. The van der Waals surface area contributed by atoms with Crippen molar-refractivity contribution in [2.75, 3.05) is 24.2 Å². The van der Waals surface area contributed by atoms with Crippen molar-refractivity contribution in [3.8, 4) is 0 Å². The van der Waals surface area contributed by atoms with E-state index in [4.69, 9.17) is 0 Å². The van der Waals surface area contributed by atoms with E-state index in [1.54, 1.807) is 6.33 Å². The van der Waals surface area contributed by atoms with E-state index < -0.39 is 0 Å². The predicted octanol–water partition coefficient (Wildman–Crippen LogP) is 2.94. The van der Waals surface area contributed by atoms with Crippen molar-refractivity contribution in [3.05, 3.63) is 46.7 Å². The van der Waals surface area contributed by atoms with Crippen molar-refractivity contribution in [1.29, 1.82) is 0 Å². The van der Waals surface area contributed by atoms with Gasteiger partial charge >= 0.3 is 0 Å². The van der Waals surface area contributed by atoms with Crippen LogP contribution in [0.1, 0.15) is 5.56 Å². The summed E-state index contributed by atoms with van der Waals surface area (Å²) in [7, 11) is 1.83. The summed E-state index contributed by atoms with van der Waals surface area (Å²) < 4.78 is 0.862. The molecule has 94 valence electrons. The molecule has 0 saturated heterocycles. The summed E-state index contributed by atoms with van der Waals surface area (Å²) >= 11 is 3.48. The second kappa shape index (κ2) is 6.35. The second-order valence-corrected chi connectivity index (χ2v) is 4.59. The van der Waals surface area contributed by atoms with Crippen LogP contribution in [-0.2, 0) is 6.42 Å². The highest BCUT2D eigenvalue weighted by Gasteiger charge is 2.06. The molecule has 1 aromatic heterocycles. The number of hydrogen-bond acceptors (Lipinski definition) is 4. The number of anilines is 2. The Kier molecular flexibility index (Phi) is 4.52. The van der Waals surface area contributed by atoms with Crippen LogP contribution in [0.2, 0.25) is 0 Å². The van der Waals surface area contributed by atoms with Gasteiger partial charge in [0, 0.05) is 13.6 Å². The monoisotopic (exact) mass is 306 g/mol. The first-order chi connectivity index (χ1) is 8.81. The molecule has 0 aliphatic carbocycles. The number of nitrogens with zero attached hydrogens (tertiary/aromatic N) is 2. The molecular formula is C13H15BrN4. The number of hydrogen-bond donors (Lipinski definition) is 2. The standard InChI is InChI=1S/C13H15BrN4/c1-15-12-11(14)13(18-9-17-12)16-8-7-10-5-3-2-4-6-10/h2-6,9H,7-8H2,1H3,(H2,15,16,17,18). The molecule has 2 N–H and O–H groups in total. The SMILES string of the molecule is CNc1ncnc(NCCc2ccccc2)c1Br. The van der Waals surface area contributed by atoms with Crippen LogP contribution < -0.4 is 10.6 Å². The largest absolute Gasteiger partial charge is 0.372 e. The molecule has 2 rings (SSSR count). The lowest BCUT2D eigenvalue weighted by molar-refractivity contribution is 0.996. The minimum Gasteiger partial charge on any atom is -0.372 e. The van der Waals surface area contributed by atoms with Gasteiger partial charge in [-0.05, 0) is 27.9 Å². The molecule has 0 atom stereocenters. The molecule has 1 aromatic carbocycles.